The predicted octanol–water partition coefficient (Wildman–Crippen LogP) is 3.49. The molecular formula is C14H10F4N2S. The van der Waals surface area contributed by atoms with Gasteiger partial charge in [-0.3, -0.25) is 0 Å². The Hall–Kier alpha value is -2.15. The molecule has 0 spiro atoms. The molecule has 0 aliphatic carbocycles. The van der Waals surface area contributed by atoms with E-state index in [2.05, 4.69) is 17.5 Å². The molecule has 21 heavy (non-hydrogen) atoms. The van der Waals surface area contributed by atoms with Crippen LogP contribution in [0.3, 0.4) is 0 Å². The Morgan fingerprint density at radius 3 is 2.14 bits per heavy atom. The second-order valence-corrected chi connectivity index (χ2v) is 4.71. The van der Waals surface area contributed by atoms with Gasteiger partial charge in [-0.15, -0.1) is 0 Å². The average Bonchev–Trinajstić information content (AvgIpc) is 2.39. The molecule has 0 aliphatic heterocycles. The molecule has 0 atom stereocenters. The third-order valence-electron chi connectivity index (χ3n) is 2.80. The SMILES string of the molecule is NC(=S)c1cc(F)c(NCc2ccc(F)cc2F)c(F)c1. The van der Waals surface area contributed by atoms with Crippen LogP contribution in [0.1, 0.15) is 11.1 Å². The zero-order valence-electron chi connectivity index (χ0n) is 10.6. The van der Waals surface area contributed by atoms with Crippen molar-refractivity contribution >= 4 is 22.9 Å². The number of anilines is 1. The van der Waals surface area contributed by atoms with Crippen LogP contribution in [-0.4, -0.2) is 4.99 Å². The Morgan fingerprint density at radius 1 is 1.00 bits per heavy atom. The molecular weight excluding hydrogens is 304 g/mol. The van der Waals surface area contributed by atoms with Gasteiger partial charge in [-0.05, 0) is 18.2 Å². The first-order valence-electron chi connectivity index (χ1n) is 5.85. The summed E-state index contributed by atoms with van der Waals surface area (Å²) in [4.78, 5) is -0.135. The number of thiocarbonyl (C=S) groups is 1. The Balaban J connectivity index is 2.22. The van der Waals surface area contributed by atoms with Crippen molar-refractivity contribution in [1.82, 2.24) is 0 Å². The van der Waals surface area contributed by atoms with Gasteiger partial charge in [0.15, 0.2) is 0 Å². The van der Waals surface area contributed by atoms with Crippen LogP contribution in [0.5, 0.6) is 0 Å². The number of rotatable bonds is 4. The number of hydrogen-bond acceptors (Lipinski definition) is 2. The molecule has 0 heterocycles. The summed E-state index contributed by atoms with van der Waals surface area (Å²) in [5.41, 5.74) is 4.99. The van der Waals surface area contributed by atoms with Crippen LogP contribution in [0.15, 0.2) is 30.3 Å². The molecule has 7 heteroatoms. The normalized spacial score (nSPS) is 10.5. The fraction of sp³-hybridized carbons (Fsp3) is 0.0714. The molecule has 0 saturated carbocycles. The minimum atomic E-state index is -0.902. The van der Waals surface area contributed by atoms with Gasteiger partial charge in [0.05, 0.1) is 0 Å². The molecule has 0 radical (unpaired) electrons. The first kappa shape index (κ1) is 15.2. The Morgan fingerprint density at radius 2 is 1.62 bits per heavy atom. The second kappa shape index (κ2) is 6.09. The third-order valence-corrected chi connectivity index (χ3v) is 3.03. The van der Waals surface area contributed by atoms with Gasteiger partial charge in [0.25, 0.3) is 0 Å². The van der Waals surface area contributed by atoms with Crippen LogP contribution in [-0.2, 0) is 6.54 Å². The summed E-state index contributed by atoms with van der Waals surface area (Å²) in [6.45, 7) is -0.202. The Kier molecular flexibility index (Phi) is 4.42. The molecule has 3 N–H and O–H groups in total. The molecule has 110 valence electrons. The van der Waals surface area contributed by atoms with Crippen molar-refractivity contribution in [2.75, 3.05) is 5.32 Å². The van der Waals surface area contributed by atoms with E-state index in [1.54, 1.807) is 0 Å². The molecule has 0 bridgehead atoms. The summed E-state index contributed by atoms with van der Waals surface area (Å²) in [5, 5.41) is 2.43. The lowest BCUT2D eigenvalue weighted by atomic mass is 10.1. The number of halogens is 4. The van der Waals surface area contributed by atoms with E-state index in [0.29, 0.717) is 6.07 Å². The van der Waals surface area contributed by atoms with Gasteiger partial charge < -0.3 is 11.1 Å². The number of benzene rings is 2. The van der Waals surface area contributed by atoms with Crippen molar-refractivity contribution in [3.63, 3.8) is 0 Å². The van der Waals surface area contributed by atoms with E-state index < -0.39 is 29.0 Å². The van der Waals surface area contributed by atoms with Gasteiger partial charge >= 0.3 is 0 Å². The summed E-state index contributed by atoms with van der Waals surface area (Å²) in [6, 6.07) is 4.91. The van der Waals surface area contributed by atoms with Crippen molar-refractivity contribution in [3.8, 4) is 0 Å². The Labute approximate surface area is 123 Å². The molecule has 0 fully saturated rings. The maximum absolute atomic E-state index is 13.8. The molecule has 2 nitrogen and oxygen atoms in total. The van der Waals surface area contributed by atoms with E-state index in [-0.39, 0.29) is 22.7 Å². The third kappa shape index (κ3) is 3.49. The highest BCUT2D eigenvalue weighted by atomic mass is 32.1. The number of nitrogens with two attached hydrogens (primary N) is 1. The summed E-state index contributed by atoms with van der Waals surface area (Å²) < 4.78 is 53.7. The van der Waals surface area contributed by atoms with Crippen LogP contribution in [0.2, 0.25) is 0 Å². The van der Waals surface area contributed by atoms with Gasteiger partial charge in [0, 0.05) is 23.7 Å². The van der Waals surface area contributed by atoms with Gasteiger partial charge in [-0.1, -0.05) is 18.3 Å². The molecule has 2 aromatic carbocycles. The Bertz CT molecular complexity index is 680. The van der Waals surface area contributed by atoms with Crippen LogP contribution in [0.25, 0.3) is 0 Å². The molecule has 0 saturated heterocycles. The van der Waals surface area contributed by atoms with Crippen molar-refractivity contribution in [2.45, 2.75) is 6.54 Å². The van der Waals surface area contributed by atoms with Crippen molar-refractivity contribution in [2.24, 2.45) is 5.73 Å². The molecule has 2 aromatic rings. The lowest BCUT2D eigenvalue weighted by molar-refractivity contribution is 0.570. The summed E-state index contributed by atoms with van der Waals surface area (Å²) >= 11 is 4.63. The highest BCUT2D eigenvalue weighted by Gasteiger charge is 2.13. The van der Waals surface area contributed by atoms with E-state index in [9.17, 15) is 17.6 Å². The minimum Gasteiger partial charge on any atom is -0.389 e. The van der Waals surface area contributed by atoms with Gasteiger partial charge in [0.1, 0.15) is 33.9 Å². The van der Waals surface area contributed by atoms with E-state index in [4.69, 9.17) is 5.73 Å². The van der Waals surface area contributed by atoms with E-state index in [1.165, 1.54) is 6.07 Å². The molecule has 0 aromatic heterocycles. The summed E-state index contributed by atoms with van der Waals surface area (Å²) in [5.74, 6) is -3.34. The van der Waals surface area contributed by atoms with Crippen LogP contribution in [0.4, 0.5) is 23.2 Å². The summed E-state index contributed by atoms with van der Waals surface area (Å²) in [7, 11) is 0. The van der Waals surface area contributed by atoms with Crippen molar-refractivity contribution in [3.05, 3.63) is 64.7 Å². The highest BCUT2D eigenvalue weighted by molar-refractivity contribution is 7.80. The van der Waals surface area contributed by atoms with E-state index in [0.717, 1.165) is 18.2 Å². The molecule has 0 unspecified atom stereocenters. The fourth-order valence-electron chi connectivity index (χ4n) is 1.73. The first-order chi connectivity index (χ1) is 9.88. The minimum absolute atomic E-state index is 0.0542. The maximum Gasteiger partial charge on any atom is 0.150 e. The van der Waals surface area contributed by atoms with Crippen LogP contribution < -0.4 is 11.1 Å². The van der Waals surface area contributed by atoms with Crippen LogP contribution >= 0.6 is 12.2 Å². The van der Waals surface area contributed by atoms with Crippen LogP contribution in [0, 0.1) is 23.3 Å². The monoisotopic (exact) mass is 314 g/mol. The lowest BCUT2D eigenvalue weighted by Crippen LogP contribution is -2.12. The standard InChI is InChI=1S/C14H10F4N2S/c15-9-2-1-7(10(16)5-9)6-20-13-11(17)3-8(14(19)21)4-12(13)18/h1-5,20H,6H2,(H2,19,21). The zero-order chi connectivity index (χ0) is 15.6. The zero-order valence-corrected chi connectivity index (χ0v) is 11.4. The maximum atomic E-state index is 13.8. The fourth-order valence-corrected chi connectivity index (χ4v) is 1.85. The van der Waals surface area contributed by atoms with Crippen molar-refractivity contribution < 1.29 is 17.6 Å². The second-order valence-electron chi connectivity index (χ2n) is 4.27. The molecule has 0 aliphatic rings. The lowest BCUT2D eigenvalue weighted by Gasteiger charge is -2.11. The van der Waals surface area contributed by atoms with Gasteiger partial charge in [-0.25, -0.2) is 17.6 Å². The van der Waals surface area contributed by atoms with E-state index >= 15 is 0 Å². The largest absolute Gasteiger partial charge is 0.389 e. The number of hydrogen-bond donors (Lipinski definition) is 2. The predicted molar refractivity (Wildman–Crippen MR) is 75.9 cm³/mol. The van der Waals surface area contributed by atoms with Gasteiger partial charge in [0.2, 0.25) is 0 Å². The first-order valence-corrected chi connectivity index (χ1v) is 6.26. The quantitative estimate of drug-likeness (QED) is 0.670. The van der Waals surface area contributed by atoms with Crippen molar-refractivity contribution in [1.29, 1.82) is 0 Å². The van der Waals surface area contributed by atoms with E-state index in [1.807, 2.05) is 0 Å². The smallest absolute Gasteiger partial charge is 0.150 e. The van der Waals surface area contributed by atoms with Gasteiger partial charge in [-0.2, -0.15) is 0 Å². The summed E-state index contributed by atoms with van der Waals surface area (Å²) in [6.07, 6.45) is 0. The molecule has 0 amide bonds. The average molecular weight is 314 g/mol. The number of nitrogens with one attached hydrogen (secondary N) is 1. The highest BCUT2D eigenvalue weighted by Crippen LogP contribution is 2.22. The molecule has 2 rings (SSSR count). The topological polar surface area (TPSA) is 38.0 Å².